The fraction of sp³-hybridized carbons (Fsp3) is 0.179. The first-order valence-electron chi connectivity index (χ1n) is 11.5. The van der Waals surface area contributed by atoms with Crippen molar-refractivity contribution in [1.82, 2.24) is 10.4 Å². The Balaban J connectivity index is 1.46. The number of ether oxygens (including phenoxy) is 2. The largest absolute Gasteiger partial charge is 0.490 e. The number of hydrogen-bond donors (Lipinski definition) is 1. The monoisotopic (exact) mass is 518 g/mol. The van der Waals surface area contributed by atoms with Crippen LogP contribution in [0.2, 0.25) is 0 Å². The lowest BCUT2D eigenvalue weighted by molar-refractivity contribution is -0.123. The molecule has 0 unspecified atom stereocenters. The zero-order chi connectivity index (χ0) is 25.5. The quantitative estimate of drug-likeness (QED) is 0.295. The normalized spacial score (nSPS) is 14.3. The van der Waals surface area contributed by atoms with Crippen molar-refractivity contribution in [2.45, 2.75) is 20.3 Å². The molecule has 0 aromatic heterocycles. The Labute approximate surface area is 220 Å². The van der Waals surface area contributed by atoms with Gasteiger partial charge in [0.25, 0.3) is 11.8 Å². The first-order chi connectivity index (χ1) is 17.5. The van der Waals surface area contributed by atoms with Gasteiger partial charge in [-0.1, -0.05) is 66.4 Å². The number of hydrogen-bond acceptors (Lipinski definition) is 6. The molecule has 1 fully saturated rings. The number of thiocarbonyl (C=S) groups is 1. The molecule has 6 nitrogen and oxygen atoms in total. The topological polar surface area (TPSA) is 67.9 Å². The van der Waals surface area contributed by atoms with Gasteiger partial charge in [-0.25, -0.2) is 0 Å². The molecule has 8 heteroatoms. The van der Waals surface area contributed by atoms with Gasteiger partial charge in [-0.2, -0.15) is 5.01 Å². The van der Waals surface area contributed by atoms with E-state index in [-0.39, 0.29) is 16.1 Å². The van der Waals surface area contributed by atoms with Gasteiger partial charge in [0.15, 0.2) is 15.8 Å². The summed E-state index contributed by atoms with van der Waals surface area (Å²) >= 11 is 6.49. The second-order valence-corrected chi connectivity index (χ2v) is 9.67. The Kier molecular flexibility index (Phi) is 8.40. The first kappa shape index (κ1) is 25.5. The number of aryl methyl sites for hydroxylation is 1. The van der Waals surface area contributed by atoms with Crippen molar-refractivity contribution in [3.8, 4) is 11.5 Å². The first-order valence-corrected chi connectivity index (χ1v) is 12.8. The van der Waals surface area contributed by atoms with Crippen LogP contribution in [0, 0.1) is 6.92 Å². The van der Waals surface area contributed by atoms with Gasteiger partial charge in [0, 0.05) is 12.0 Å². The molecule has 1 aliphatic rings. The second-order valence-electron chi connectivity index (χ2n) is 8.00. The standard InChI is InChI=1S/C28H26N2O4S2/c1-3-33-24-17-21(13-14-23(24)34-16-15-20-10-5-4-6-11-20)18-25-27(32)30(28(35)36-25)29-26(31)22-12-8-7-9-19(22)2/h4-14,17-18H,3,15-16H2,1-2H3,(H,29,31)/b25-18-. The lowest BCUT2D eigenvalue weighted by atomic mass is 10.1. The van der Waals surface area contributed by atoms with Crippen LogP contribution >= 0.6 is 24.0 Å². The SMILES string of the molecule is CCOc1cc(/C=C2\SC(=S)N(NC(=O)c3ccccc3C)C2=O)ccc1OCCc1ccccc1. The van der Waals surface area contributed by atoms with Crippen LogP contribution in [0.1, 0.15) is 34.0 Å². The average Bonchev–Trinajstić information content (AvgIpc) is 3.13. The van der Waals surface area contributed by atoms with Gasteiger partial charge in [-0.15, -0.1) is 0 Å². The third-order valence-corrected chi connectivity index (χ3v) is 6.76. The molecule has 0 aliphatic carbocycles. The van der Waals surface area contributed by atoms with Crippen LogP contribution in [0.5, 0.6) is 11.5 Å². The van der Waals surface area contributed by atoms with E-state index < -0.39 is 0 Å². The molecule has 3 aromatic rings. The summed E-state index contributed by atoms with van der Waals surface area (Å²) in [5.74, 6) is 0.472. The molecule has 0 spiro atoms. The maximum absolute atomic E-state index is 13.0. The molecular weight excluding hydrogens is 492 g/mol. The molecule has 184 valence electrons. The van der Waals surface area contributed by atoms with Crippen LogP contribution in [0.3, 0.4) is 0 Å². The number of thioether (sulfide) groups is 1. The molecule has 0 atom stereocenters. The maximum Gasteiger partial charge on any atom is 0.285 e. The Morgan fingerprint density at radius 2 is 1.78 bits per heavy atom. The Bertz CT molecular complexity index is 1310. The van der Waals surface area contributed by atoms with Gasteiger partial charge in [-0.3, -0.25) is 15.0 Å². The number of nitrogens with zero attached hydrogens (tertiary/aromatic N) is 1. The third-order valence-electron chi connectivity index (χ3n) is 5.45. The Morgan fingerprint density at radius 1 is 1.03 bits per heavy atom. The molecule has 0 saturated carbocycles. The van der Waals surface area contributed by atoms with Crippen LogP contribution in [-0.2, 0) is 11.2 Å². The highest BCUT2D eigenvalue weighted by Gasteiger charge is 2.34. The predicted octanol–water partition coefficient (Wildman–Crippen LogP) is 5.56. The third kappa shape index (κ3) is 6.13. The summed E-state index contributed by atoms with van der Waals surface area (Å²) in [5.41, 5.74) is 5.88. The number of carbonyl (C=O) groups excluding carboxylic acids is 2. The number of carbonyl (C=O) groups is 2. The van der Waals surface area contributed by atoms with Gasteiger partial charge in [0.05, 0.1) is 18.1 Å². The van der Waals surface area contributed by atoms with Gasteiger partial charge in [0.1, 0.15) is 0 Å². The van der Waals surface area contributed by atoms with E-state index in [2.05, 4.69) is 17.6 Å². The molecule has 4 rings (SSSR count). The molecule has 36 heavy (non-hydrogen) atoms. The van der Waals surface area contributed by atoms with E-state index in [1.54, 1.807) is 18.2 Å². The van der Waals surface area contributed by atoms with Crippen molar-refractivity contribution in [1.29, 1.82) is 0 Å². The summed E-state index contributed by atoms with van der Waals surface area (Å²) in [5, 5.41) is 1.12. The Hall–Kier alpha value is -3.62. The van der Waals surface area contributed by atoms with E-state index in [0.717, 1.165) is 34.3 Å². The second kappa shape index (κ2) is 11.9. The van der Waals surface area contributed by atoms with Crippen molar-refractivity contribution in [2.75, 3.05) is 13.2 Å². The Morgan fingerprint density at radius 3 is 2.53 bits per heavy atom. The summed E-state index contributed by atoms with van der Waals surface area (Å²) in [6.45, 7) is 4.74. The highest BCUT2D eigenvalue weighted by Crippen LogP contribution is 2.34. The smallest absolute Gasteiger partial charge is 0.285 e. The van der Waals surface area contributed by atoms with Gasteiger partial charge < -0.3 is 9.47 Å². The number of amides is 2. The minimum Gasteiger partial charge on any atom is -0.490 e. The predicted molar refractivity (Wildman–Crippen MR) is 147 cm³/mol. The molecule has 1 N–H and O–H groups in total. The highest BCUT2D eigenvalue weighted by atomic mass is 32.2. The number of nitrogens with one attached hydrogen (secondary N) is 1. The maximum atomic E-state index is 13.0. The van der Waals surface area contributed by atoms with Crippen molar-refractivity contribution < 1.29 is 19.1 Å². The van der Waals surface area contributed by atoms with Crippen LogP contribution in [0.15, 0.2) is 77.7 Å². The summed E-state index contributed by atoms with van der Waals surface area (Å²) in [6.07, 6.45) is 2.51. The fourth-order valence-electron chi connectivity index (χ4n) is 3.63. The van der Waals surface area contributed by atoms with E-state index in [1.165, 1.54) is 5.56 Å². The molecule has 1 heterocycles. The zero-order valence-electron chi connectivity index (χ0n) is 20.0. The van der Waals surface area contributed by atoms with Crippen LogP contribution in [0.25, 0.3) is 6.08 Å². The minimum atomic E-state index is -0.388. The van der Waals surface area contributed by atoms with Crippen LogP contribution in [-0.4, -0.2) is 34.4 Å². The molecule has 1 aliphatic heterocycles. The van der Waals surface area contributed by atoms with E-state index in [0.29, 0.717) is 35.2 Å². The molecule has 0 bridgehead atoms. The fourth-order valence-corrected chi connectivity index (χ4v) is 4.81. The summed E-state index contributed by atoms with van der Waals surface area (Å²) in [4.78, 5) is 26.1. The van der Waals surface area contributed by atoms with Gasteiger partial charge in [-0.05, 0) is 67.0 Å². The lowest BCUT2D eigenvalue weighted by Gasteiger charge is -2.16. The number of rotatable bonds is 9. The molecule has 0 radical (unpaired) electrons. The molecular formula is C28H26N2O4S2. The van der Waals surface area contributed by atoms with Gasteiger partial charge >= 0.3 is 0 Å². The van der Waals surface area contributed by atoms with Crippen molar-refractivity contribution >= 4 is 46.2 Å². The van der Waals surface area contributed by atoms with Crippen LogP contribution < -0.4 is 14.9 Å². The summed E-state index contributed by atoms with van der Waals surface area (Å²) in [7, 11) is 0. The number of benzene rings is 3. The zero-order valence-corrected chi connectivity index (χ0v) is 21.7. The van der Waals surface area contributed by atoms with E-state index in [1.807, 2.05) is 62.4 Å². The van der Waals surface area contributed by atoms with E-state index >= 15 is 0 Å². The van der Waals surface area contributed by atoms with Gasteiger partial charge in [0.2, 0.25) is 0 Å². The minimum absolute atomic E-state index is 0.263. The van der Waals surface area contributed by atoms with Crippen molar-refractivity contribution in [3.63, 3.8) is 0 Å². The lowest BCUT2D eigenvalue weighted by Crippen LogP contribution is -2.45. The highest BCUT2D eigenvalue weighted by molar-refractivity contribution is 8.26. The molecule has 3 aromatic carbocycles. The van der Waals surface area contributed by atoms with E-state index in [9.17, 15) is 9.59 Å². The molecule has 1 saturated heterocycles. The molecule has 2 amide bonds. The summed E-state index contributed by atoms with van der Waals surface area (Å²) in [6, 6.07) is 22.8. The van der Waals surface area contributed by atoms with E-state index in [4.69, 9.17) is 21.7 Å². The average molecular weight is 519 g/mol. The number of hydrazine groups is 1. The van der Waals surface area contributed by atoms with Crippen molar-refractivity contribution in [2.24, 2.45) is 0 Å². The van der Waals surface area contributed by atoms with Crippen molar-refractivity contribution in [3.05, 3.63) is 100.0 Å². The summed E-state index contributed by atoms with van der Waals surface area (Å²) < 4.78 is 12.0. The van der Waals surface area contributed by atoms with Crippen LogP contribution in [0.4, 0.5) is 0 Å².